The van der Waals surface area contributed by atoms with Gasteiger partial charge in [-0.05, 0) is 38.3 Å². The second-order valence-corrected chi connectivity index (χ2v) is 8.16. The van der Waals surface area contributed by atoms with Crippen LogP contribution in [0.2, 0.25) is 0 Å². The van der Waals surface area contributed by atoms with Crippen molar-refractivity contribution in [3.8, 4) is 5.75 Å². The van der Waals surface area contributed by atoms with Gasteiger partial charge in [-0.1, -0.05) is 32.0 Å². The van der Waals surface area contributed by atoms with Gasteiger partial charge in [-0.15, -0.1) is 0 Å². The maximum atomic E-state index is 5.54. The maximum Gasteiger partial charge on any atom is 0.229 e. The first-order valence-corrected chi connectivity index (χ1v) is 10.7. The monoisotopic (exact) mass is 409 g/mol. The van der Waals surface area contributed by atoms with E-state index in [1.807, 2.05) is 24.4 Å². The standard InChI is InChI=1S/C22H31N7O/c1-14(2)18-13-24-29-20(18)27-21(26-16-8-7-11-23-12-16)28-22(29)25-15(3)17-9-5-6-10-19(17)30-4/h5-6,9-10,13-16,23H,7-8,11-12H2,1-4H3,(H2,25,26,27,28)/t15-,16?/m0/s1. The largest absolute Gasteiger partial charge is 0.496 e. The fourth-order valence-electron chi connectivity index (χ4n) is 3.91. The highest BCUT2D eigenvalue weighted by molar-refractivity contribution is 5.56. The van der Waals surface area contributed by atoms with Gasteiger partial charge in [-0.2, -0.15) is 19.6 Å². The van der Waals surface area contributed by atoms with Crippen LogP contribution in [0.4, 0.5) is 11.9 Å². The van der Waals surface area contributed by atoms with Crippen LogP contribution in [0.15, 0.2) is 30.5 Å². The van der Waals surface area contributed by atoms with Crippen molar-refractivity contribution in [2.24, 2.45) is 0 Å². The molecule has 2 aromatic heterocycles. The van der Waals surface area contributed by atoms with Crippen molar-refractivity contribution in [3.05, 3.63) is 41.6 Å². The Labute approximate surface area is 177 Å². The highest BCUT2D eigenvalue weighted by atomic mass is 16.5. The number of para-hydroxylation sites is 1. The second kappa shape index (κ2) is 8.87. The van der Waals surface area contributed by atoms with Gasteiger partial charge in [0.1, 0.15) is 5.75 Å². The molecule has 0 saturated carbocycles. The molecule has 8 nitrogen and oxygen atoms in total. The van der Waals surface area contributed by atoms with Crippen molar-refractivity contribution >= 4 is 17.5 Å². The Hall–Kier alpha value is -2.87. The Kier molecular flexibility index (Phi) is 6.03. The number of nitrogens with one attached hydrogen (secondary N) is 3. The number of methoxy groups -OCH3 is 1. The molecule has 4 rings (SSSR count). The number of fused-ring (bicyclic) bond motifs is 1. The van der Waals surface area contributed by atoms with Crippen LogP contribution in [0.3, 0.4) is 0 Å². The van der Waals surface area contributed by atoms with Crippen molar-refractivity contribution < 1.29 is 4.74 Å². The lowest BCUT2D eigenvalue weighted by atomic mass is 10.1. The molecule has 0 aliphatic carbocycles. The van der Waals surface area contributed by atoms with Gasteiger partial charge in [-0.3, -0.25) is 0 Å². The first-order valence-electron chi connectivity index (χ1n) is 10.7. The molecule has 1 aromatic carbocycles. The third kappa shape index (κ3) is 4.18. The van der Waals surface area contributed by atoms with E-state index >= 15 is 0 Å². The van der Waals surface area contributed by atoms with Gasteiger partial charge in [0.2, 0.25) is 11.9 Å². The molecule has 0 bridgehead atoms. The normalized spacial score (nSPS) is 17.8. The molecule has 1 unspecified atom stereocenters. The van der Waals surface area contributed by atoms with Crippen LogP contribution in [0, 0.1) is 0 Å². The number of benzene rings is 1. The number of ether oxygens (including phenoxy) is 1. The molecule has 0 spiro atoms. The highest BCUT2D eigenvalue weighted by Gasteiger charge is 2.20. The summed E-state index contributed by atoms with van der Waals surface area (Å²) in [5, 5.41) is 15.0. The van der Waals surface area contributed by atoms with Gasteiger partial charge in [-0.25, -0.2) is 0 Å². The molecule has 30 heavy (non-hydrogen) atoms. The molecule has 3 aromatic rings. The van der Waals surface area contributed by atoms with Crippen molar-refractivity contribution in [2.45, 2.75) is 51.6 Å². The summed E-state index contributed by atoms with van der Waals surface area (Å²) in [5.41, 5.74) is 3.00. The molecule has 1 fully saturated rings. The van der Waals surface area contributed by atoms with E-state index in [1.165, 1.54) is 0 Å². The van der Waals surface area contributed by atoms with Crippen LogP contribution in [0.25, 0.3) is 5.65 Å². The van der Waals surface area contributed by atoms with E-state index in [9.17, 15) is 0 Å². The molecule has 0 radical (unpaired) electrons. The van der Waals surface area contributed by atoms with Crippen molar-refractivity contribution in [3.63, 3.8) is 0 Å². The number of anilines is 2. The van der Waals surface area contributed by atoms with Gasteiger partial charge in [0.25, 0.3) is 0 Å². The summed E-state index contributed by atoms with van der Waals surface area (Å²) in [7, 11) is 1.69. The summed E-state index contributed by atoms with van der Waals surface area (Å²) in [6.07, 6.45) is 4.15. The van der Waals surface area contributed by atoms with E-state index < -0.39 is 0 Å². The van der Waals surface area contributed by atoms with E-state index in [2.05, 4.69) is 47.9 Å². The summed E-state index contributed by atoms with van der Waals surface area (Å²) < 4.78 is 7.33. The molecule has 3 N–H and O–H groups in total. The molecule has 160 valence electrons. The molecule has 3 heterocycles. The zero-order chi connectivity index (χ0) is 21.1. The maximum absolute atomic E-state index is 5.54. The topological polar surface area (TPSA) is 88.4 Å². The lowest BCUT2D eigenvalue weighted by molar-refractivity contribution is 0.408. The molecule has 1 aliphatic heterocycles. The van der Waals surface area contributed by atoms with E-state index in [0.29, 0.717) is 23.9 Å². The Morgan fingerprint density at radius 2 is 2.00 bits per heavy atom. The minimum absolute atomic E-state index is 0.0184. The average Bonchev–Trinajstić information content (AvgIpc) is 3.19. The minimum Gasteiger partial charge on any atom is -0.496 e. The first-order chi connectivity index (χ1) is 14.6. The van der Waals surface area contributed by atoms with Gasteiger partial charge in [0.05, 0.1) is 19.3 Å². The molecule has 2 atom stereocenters. The highest BCUT2D eigenvalue weighted by Crippen LogP contribution is 2.28. The zero-order valence-corrected chi connectivity index (χ0v) is 18.1. The molecular formula is C22H31N7O. The molecular weight excluding hydrogens is 378 g/mol. The summed E-state index contributed by atoms with van der Waals surface area (Å²) in [5.74, 6) is 2.46. The third-order valence-electron chi connectivity index (χ3n) is 5.60. The summed E-state index contributed by atoms with van der Waals surface area (Å²) >= 11 is 0. The molecule has 1 aliphatic rings. The smallest absolute Gasteiger partial charge is 0.229 e. The zero-order valence-electron chi connectivity index (χ0n) is 18.1. The van der Waals surface area contributed by atoms with Crippen LogP contribution in [-0.4, -0.2) is 45.8 Å². The van der Waals surface area contributed by atoms with Crippen LogP contribution >= 0.6 is 0 Å². The van der Waals surface area contributed by atoms with Gasteiger partial charge >= 0.3 is 0 Å². The van der Waals surface area contributed by atoms with E-state index in [-0.39, 0.29) is 6.04 Å². The van der Waals surface area contributed by atoms with Crippen molar-refractivity contribution in [2.75, 3.05) is 30.8 Å². The fourth-order valence-corrected chi connectivity index (χ4v) is 3.91. The number of piperidine rings is 1. The number of aromatic nitrogens is 4. The van der Waals surface area contributed by atoms with Crippen molar-refractivity contribution in [1.82, 2.24) is 24.9 Å². The summed E-state index contributed by atoms with van der Waals surface area (Å²) in [6.45, 7) is 8.40. The Bertz CT molecular complexity index is 994. The van der Waals surface area contributed by atoms with Gasteiger partial charge < -0.3 is 20.7 Å². The van der Waals surface area contributed by atoms with Gasteiger partial charge in [0, 0.05) is 23.7 Å². The van der Waals surface area contributed by atoms with Crippen LogP contribution in [0.5, 0.6) is 5.75 Å². The van der Waals surface area contributed by atoms with E-state index in [1.54, 1.807) is 11.6 Å². The van der Waals surface area contributed by atoms with Gasteiger partial charge in [0.15, 0.2) is 5.65 Å². The SMILES string of the molecule is COc1ccccc1[C@H](C)Nc1nc(NC2CCCNC2)nc2c(C(C)C)cnn12. The Morgan fingerprint density at radius 3 is 2.73 bits per heavy atom. The second-order valence-electron chi connectivity index (χ2n) is 8.16. The number of hydrogen-bond donors (Lipinski definition) is 3. The molecule has 8 heteroatoms. The van der Waals surface area contributed by atoms with Crippen LogP contribution < -0.4 is 20.7 Å². The van der Waals surface area contributed by atoms with E-state index in [4.69, 9.17) is 14.7 Å². The van der Waals surface area contributed by atoms with Crippen LogP contribution in [-0.2, 0) is 0 Å². The quantitative estimate of drug-likeness (QED) is 0.549. The Morgan fingerprint density at radius 1 is 1.17 bits per heavy atom. The fraction of sp³-hybridized carbons (Fsp3) is 0.500. The summed E-state index contributed by atoms with van der Waals surface area (Å²) in [4.78, 5) is 9.60. The third-order valence-corrected chi connectivity index (χ3v) is 5.60. The Balaban J connectivity index is 1.69. The predicted molar refractivity (Wildman–Crippen MR) is 119 cm³/mol. The van der Waals surface area contributed by atoms with E-state index in [0.717, 1.165) is 48.5 Å². The summed E-state index contributed by atoms with van der Waals surface area (Å²) in [6, 6.07) is 8.32. The average molecular weight is 410 g/mol. The molecule has 1 saturated heterocycles. The minimum atomic E-state index is -0.0184. The first kappa shape index (κ1) is 20.4. The number of rotatable bonds is 7. The number of hydrogen-bond acceptors (Lipinski definition) is 7. The number of nitrogens with zero attached hydrogens (tertiary/aromatic N) is 4. The molecule has 0 amide bonds. The lowest BCUT2D eigenvalue weighted by Crippen LogP contribution is -2.39. The van der Waals surface area contributed by atoms with Crippen LogP contribution in [0.1, 0.15) is 56.7 Å². The van der Waals surface area contributed by atoms with Crippen molar-refractivity contribution in [1.29, 1.82) is 0 Å². The lowest BCUT2D eigenvalue weighted by Gasteiger charge is -2.24. The predicted octanol–water partition coefficient (Wildman–Crippen LogP) is 3.59.